The molecule has 4 rings (SSSR count). The molecule has 0 fully saturated rings. The second-order valence-corrected chi connectivity index (χ2v) is 9.86. The molecule has 36 heavy (non-hydrogen) atoms. The van der Waals surface area contributed by atoms with Crippen molar-refractivity contribution in [3.63, 3.8) is 0 Å². The molecule has 1 heterocycles. The standard InChI is InChI=1S/C26H24ClN3O4S.Na/c1-2-25-28-24(20-6-4-3-5-7-20)18-30(25)22-12-8-19(9-13-22)16-17-34-26(31)29-35(32,33)23-14-10-21(27)11-15-23;/h3-15,18H,2,16-17H2,1H3,(H,29,31);. The van der Waals surface area contributed by atoms with Gasteiger partial charge in [0.05, 0.1) is 17.2 Å². The van der Waals surface area contributed by atoms with Gasteiger partial charge in [-0.15, -0.1) is 0 Å². The van der Waals surface area contributed by atoms with Crippen LogP contribution < -0.4 is 4.72 Å². The Balaban J connectivity index is 0.00000361. The van der Waals surface area contributed by atoms with Crippen molar-refractivity contribution in [2.45, 2.75) is 24.7 Å². The van der Waals surface area contributed by atoms with Gasteiger partial charge in [0.15, 0.2) is 0 Å². The molecule has 0 aliphatic rings. The van der Waals surface area contributed by atoms with E-state index >= 15 is 0 Å². The molecule has 0 atom stereocenters. The smallest absolute Gasteiger partial charge is 0.421 e. The molecule has 4 aromatic rings. The molecule has 1 N–H and O–H groups in total. The van der Waals surface area contributed by atoms with E-state index in [4.69, 9.17) is 21.3 Å². The number of imidazole rings is 1. The fourth-order valence-corrected chi connectivity index (χ4v) is 4.55. The molecule has 10 heteroatoms. The average molecular weight is 533 g/mol. The first-order valence-corrected chi connectivity index (χ1v) is 12.9. The van der Waals surface area contributed by atoms with Gasteiger partial charge in [-0.3, -0.25) is 0 Å². The summed E-state index contributed by atoms with van der Waals surface area (Å²) in [4.78, 5) is 16.7. The minimum Gasteiger partial charge on any atom is -0.448 e. The molecule has 0 bridgehead atoms. The van der Waals surface area contributed by atoms with Crippen molar-refractivity contribution >= 4 is 57.3 Å². The maximum absolute atomic E-state index is 12.2. The Hall–Kier alpha value is -2.62. The largest absolute Gasteiger partial charge is 0.448 e. The van der Waals surface area contributed by atoms with Crippen LogP contribution in [0.15, 0.2) is 90.0 Å². The van der Waals surface area contributed by atoms with Gasteiger partial charge in [0.2, 0.25) is 0 Å². The van der Waals surface area contributed by atoms with Crippen molar-refractivity contribution < 1.29 is 17.9 Å². The third-order valence-electron chi connectivity index (χ3n) is 5.34. The van der Waals surface area contributed by atoms with Gasteiger partial charge in [-0.25, -0.2) is 22.9 Å². The van der Waals surface area contributed by atoms with Crippen LogP contribution in [0.5, 0.6) is 0 Å². The van der Waals surface area contributed by atoms with Gasteiger partial charge in [0, 0.05) is 64.9 Å². The van der Waals surface area contributed by atoms with Crippen LogP contribution >= 0.6 is 11.6 Å². The third-order valence-corrected chi connectivity index (χ3v) is 6.92. The van der Waals surface area contributed by atoms with Crippen LogP contribution in [0.25, 0.3) is 16.9 Å². The number of halogens is 1. The van der Waals surface area contributed by atoms with Crippen LogP contribution in [0, 0.1) is 0 Å². The van der Waals surface area contributed by atoms with Crippen molar-refractivity contribution in [3.05, 3.63) is 101 Å². The molecule has 1 amide bonds. The molecule has 7 nitrogen and oxygen atoms in total. The molecule has 3 aromatic carbocycles. The normalized spacial score (nSPS) is 10.9. The Morgan fingerprint density at radius 1 is 1.00 bits per heavy atom. The van der Waals surface area contributed by atoms with E-state index in [9.17, 15) is 13.2 Å². The molecule has 1 radical (unpaired) electrons. The fourth-order valence-electron chi connectivity index (χ4n) is 3.54. The zero-order valence-corrected chi connectivity index (χ0v) is 23.6. The van der Waals surface area contributed by atoms with Crippen LogP contribution in [0.4, 0.5) is 4.79 Å². The maximum Gasteiger partial charge on any atom is 0.421 e. The van der Waals surface area contributed by atoms with Gasteiger partial charge >= 0.3 is 6.09 Å². The number of sulfonamides is 1. The van der Waals surface area contributed by atoms with Gasteiger partial charge in [-0.05, 0) is 42.0 Å². The van der Waals surface area contributed by atoms with Crippen LogP contribution in [-0.4, -0.2) is 60.2 Å². The van der Waals surface area contributed by atoms with E-state index < -0.39 is 16.1 Å². The molecule has 0 aliphatic carbocycles. The van der Waals surface area contributed by atoms with Crippen LogP contribution in [0.1, 0.15) is 18.3 Å². The summed E-state index contributed by atoms with van der Waals surface area (Å²) in [6.45, 7) is 2.10. The van der Waals surface area contributed by atoms with E-state index in [0.717, 1.165) is 34.8 Å². The number of aryl methyl sites for hydroxylation is 1. The Kier molecular flexibility index (Phi) is 9.76. The number of ether oxygens (including phenoxy) is 1. The Bertz CT molecular complexity index is 1410. The minimum atomic E-state index is -4.02. The van der Waals surface area contributed by atoms with Crippen LogP contribution in [-0.2, 0) is 27.6 Å². The van der Waals surface area contributed by atoms with E-state index in [0.29, 0.717) is 11.4 Å². The zero-order valence-electron chi connectivity index (χ0n) is 20.0. The van der Waals surface area contributed by atoms with E-state index in [1.54, 1.807) is 0 Å². The van der Waals surface area contributed by atoms with E-state index in [-0.39, 0.29) is 41.1 Å². The second kappa shape index (κ2) is 12.6. The number of carbonyl (C=O) groups is 1. The molecule has 1 aromatic heterocycles. The monoisotopic (exact) mass is 532 g/mol. The number of carbonyl (C=O) groups excluding carboxylic acids is 1. The SMILES string of the molecule is CCc1nc(-c2ccccc2)cn1-c1ccc(CCOC(=O)NS(=O)(=O)c2ccc(Cl)cc2)cc1.[Na]. The quantitative estimate of drug-likeness (QED) is 0.321. The fraction of sp³-hybridized carbons (Fsp3) is 0.154. The first-order valence-electron chi connectivity index (χ1n) is 11.0. The molecule has 0 saturated heterocycles. The van der Waals surface area contributed by atoms with E-state index in [1.807, 2.05) is 65.5 Å². The number of aromatic nitrogens is 2. The van der Waals surface area contributed by atoms with Crippen molar-refractivity contribution in [1.82, 2.24) is 14.3 Å². The number of nitrogens with zero attached hydrogens (tertiary/aromatic N) is 2. The minimum absolute atomic E-state index is 0. The molecule has 181 valence electrons. The summed E-state index contributed by atoms with van der Waals surface area (Å²) in [6.07, 6.45) is 2.22. The van der Waals surface area contributed by atoms with Gasteiger partial charge in [-0.1, -0.05) is 61.0 Å². The predicted octanol–water partition coefficient (Wildman–Crippen LogP) is 5.03. The average Bonchev–Trinajstić information content (AvgIpc) is 3.30. The summed E-state index contributed by atoms with van der Waals surface area (Å²) in [5.74, 6) is 0.957. The Morgan fingerprint density at radius 3 is 2.31 bits per heavy atom. The molecule has 0 aliphatic heterocycles. The van der Waals surface area contributed by atoms with E-state index in [1.165, 1.54) is 24.3 Å². The summed E-state index contributed by atoms with van der Waals surface area (Å²) in [5, 5.41) is 0.396. The number of amides is 1. The van der Waals surface area contributed by atoms with Gasteiger partial charge < -0.3 is 9.30 Å². The number of nitrogens with one attached hydrogen (secondary N) is 1. The zero-order chi connectivity index (χ0) is 24.8. The van der Waals surface area contributed by atoms with Crippen molar-refractivity contribution in [3.8, 4) is 16.9 Å². The van der Waals surface area contributed by atoms with E-state index in [2.05, 4.69) is 11.5 Å². The number of hydrogen-bond donors (Lipinski definition) is 1. The molecule has 0 unspecified atom stereocenters. The molecular weight excluding hydrogens is 509 g/mol. The summed E-state index contributed by atoms with van der Waals surface area (Å²) in [5.41, 5.74) is 3.90. The summed E-state index contributed by atoms with van der Waals surface area (Å²) >= 11 is 5.77. The maximum atomic E-state index is 12.2. The summed E-state index contributed by atoms with van der Waals surface area (Å²) < 4.78 is 33.5. The third kappa shape index (κ3) is 6.99. The first-order chi connectivity index (χ1) is 16.9. The second-order valence-electron chi connectivity index (χ2n) is 7.74. The molecule has 0 spiro atoms. The topological polar surface area (TPSA) is 90.3 Å². The molecular formula is C26H24ClN3NaO4S. The Morgan fingerprint density at radius 2 is 1.67 bits per heavy atom. The van der Waals surface area contributed by atoms with Gasteiger partial charge in [0.25, 0.3) is 10.0 Å². The van der Waals surface area contributed by atoms with Gasteiger partial charge in [-0.2, -0.15) is 0 Å². The summed E-state index contributed by atoms with van der Waals surface area (Å²) in [7, 11) is -4.02. The number of rotatable bonds is 8. The van der Waals surface area contributed by atoms with Crippen molar-refractivity contribution in [2.75, 3.05) is 6.61 Å². The first kappa shape index (κ1) is 28.0. The van der Waals surface area contributed by atoms with Gasteiger partial charge in [0.1, 0.15) is 5.82 Å². The number of benzene rings is 3. The van der Waals surface area contributed by atoms with Crippen LogP contribution in [0.2, 0.25) is 5.02 Å². The van der Waals surface area contributed by atoms with Crippen LogP contribution in [0.3, 0.4) is 0 Å². The molecule has 0 saturated carbocycles. The predicted molar refractivity (Wildman–Crippen MR) is 141 cm³/mol. The van der Waals surface area contributed by atoms with Crippen molar-refractivity contribution in [1.29, 1.82) is 0 Å². The summed E-state index contributed by atoms with van der Waals surface area (Å²) in [6, 6.07) is 23.4. The Labute approximate surface area is 237 Å². The number of hydrogen-bond acceptors (Lipinski definition) is 5. The van der Waals surface area contributed by atoms with Crippen molar-refractivity contribution in [2.24, 2.45) is 0 Å².